The molecular formula is C16H28N2S. The largest absolute Gasteiger partial charge is 0.326 e. The molecule has 1 aliphatic carbocycles. The predicted octanol–water partition coefficient (Wildman–Crippen LogP) is 3.96. The molecule has 1 aromatic rings. The van der Waals surface area contributed by atoms with Crippen LogP contribution in [-0.2, 0) is 0 Å². The number of thiophene rings is 1. The lowest BCUT2D eigenvalue weighted by molar-refractivity contribution is 0.183. The predicted molar refractivity (Wildman–Crippen MR) is 84.7 cm³/mol. The third-order valence-electron chi connectivity index (χ3n) is 4.43. The van der Waals surface area contributed by atoms with E-state index < -0.39 is 0 Å². The van der Waals surface area contributed by atoms with Crippen molar-refractivity contribution in [1.82, 2.24) is 4.90 Å². The van der Waals surface area contributed by atoms with Gasteiger partial charge in [-0.15, -0.1) is 11.3 Å². The summed E-state index contributed by atoms with van der Waals surface area (Å²) in [5.41, 5.74) is 6.40. The monoisotopic (exact) mass is 280 g/mol. The molecule has 0 amide bonds. The summed E-state index contributed by atoms with van der Waals surface area (Å²) in [6.07, 6.45) is 6.68. The first-order valence-electron chi connectivity index (χ1n) is 7.64. The molecule has 0 bridgehead atoms. The maximum atomic E-state index is 6.40. The molecule has 2 atom stereocenters. The van der Waals surface area contributed by atoms with Gasteiger partial charge in [0.2, 0.25) is 0 Å². The smallest absolute Gasteiger partial charge is 0.0591 e. The summed E-state index contributed by atoms with van der Waals surface area (Å²) in [6, 6.07) is 5.12. The van der Waals surface area contributed by atoms with Gasteiger partial charge in [0.25, 0.3) is 0 Å². The van der Waals surface area contributed by atoms with Crippen molar-refractivity contribution < 1.29 is 0 Å². The molecule has 0 radical (unpaired) electrons. The van der Waals surface area contributed by atoms with Crippen molar-refractivity contribution in [1.29, 1.82) is 0 Å². The molecule has 1 fully saturated rings. The van der Waals surface area contributed by atoms with Gasteiger partial charge in [0.1, 0.15) is 0 Å². The Bertz CT molecular complexity index is 382. The lowest BCUT2D eigenvalue weighted by Gasteiger charge is -2.33. The maximum Gasteiger partial charge on any atom is 0.0591 e. The Balaban J connectivity index is 2.07. The SMILES string of the molecule is CCC(N)C(c1ccc(C)s1)N(C)CC1CCCC1. The van der Waals surface area contributed by atoms with Crippen LogP contribution in [0.2, 0.25) is 0 Å². The van der Waals surface area contributed by atoms with Gasteiger partial charge in [0.05, 0.1) is 6.04 Å². The van der Waals surface area contributed by atoms with E-state index in [1.54, 1.807) is 0 Å². The molecule has 1 aromatic heterocycles. The standard InChI is InChI=1S/C16H28N2S/c1-4-14(17)16(15-10-9-12(2)19-15)18(3)11-13-7-5-6-8-13/h9-10,13-14,16H,4-8,11,17H2,1-3H3. The quantitative estimate of drug-likeness (QED) is 0.854. The minimum absolute atomic E-state index is 0.240. The molecule has 1 heterocycles. The normalized spacial score (nSPS) is 20.1. The lowest BCUT2D eigenvalue weighted by Crippen LogP contribution is -2.40. The average molecular weight is 280 g/mol. The van der Waals surface area contributed by atoms with Crippen LogP contribution in [0.15, 0.2) is 12.1 Å². The fraction of sp³-hybridized carbons (Fsp3) is 0.750. The van der Waals surface area contributed by atoms with Crippen LogP contribution in [0.3, 0.4) is 0 Å². The van der Waals surface area contributed by atoms with E-state index in [4.69, 9.17) is 5.73 Å². The number of nitrogens with zero attached hydrogens (tertiary/aromatic N) is 1. The second kappa shape index (κ2) is 6.87. The highest BCUT2D eigenvalue weighted by molar-refractivity contribution is 7.12. The molecule has 2 N–H and O–H groups in total. The molecule has 0 spiro atoms. The average Bonchev–Trinajstić information content (AvgIpc) is 3.01. The number of hydrogen-bond acceptors (Lipinski definition) is 3. The number of rotatable bonds is 6. The molecule has 0 aromatic carbocycles. The Kier molecular flexibility index (Phi) is 5.43. The summed E-state index contributed by atoms with van der Waals surface area (Å²) in [7, 11) is 2.26. The Hall–Kier alpha value is -0.380. The number of likely N-dealkylation sites (N-methyl/N-ethyl adjacent to an activating group) is 1. The highest BCUT2D eigenvalue weighted by Crippen LogP contribution is 2.33. The zero-order valence-corrected chi connectivity index (χ0v) is 13.4. The van der Waals surface area contributed by atoms with Gasteiger partial charge in [-0.25, -0.2) is 0 Å². The molecule has 108 valence electrons. The highest BCUT2D eigenvalue weighted by atomic mass is 32.1. The van der Waals surface area contributed by atoms with E-state index in [0.29, 0.717) is 6.04 Å². The van der Waals surface area contributed by atoms with E-state index in [1.165, 1.54) is 42.0 Å². The highest BCUT2D eigenvalue weighted by Gasteiger charge is 2.27. The van der Waals surface area contributed by atoms with E-state index in [9.17, 15) is 0 Å². The fourth-order valence-corrected chi connectivity index (χ4v) is 4.42. The number of hydrogen-bond donors (Lipinski definition) is 1. The molecular weight excluding hydrogens is 252 g/mol. The first-order valence-corrected chi connectivity index (χ1v) is 8.45. The van der Waals surface area contributed by atoms with Crippen molar-refractivity contribution in [2.75, 3.05) is 13.6 Å². The molecule has 2 unspecified atom stereocenters. The fourth-order valence-electron chi connectivity index (χ4n) is 3.30. The van der Waals surface area contributed by atoms with Crippen LogP contribution in [0.25, 0.3) is 0 Å². The molecule has 1 saturated carbocycles. The zero-order valence-electron chi connectivity index (χ0n) is 12.6. The van der Waals surface area contributed by atoms with E-state index >= 15 is 0 Å². The molecule has 0 saturated heterocycles. The Morgan fingerprint density at radius 2 is 2.05 bits per heavy atom. The summed E-state index contributed by atoms with van der Waals surface area (Å²) in [6.45, 7) is 5.58. The second-order valence-corrected chi connectivity index (χ2v) is 7.37. The van der Waals surface area contributed by atoms with Crippen molar-refractivity contribution in [2.24, 2.45) is 11.7 Å². The minimum Gasteiger partial charge on any atom is -0.326 e. The van der Waals surface area contributed by atoms with Crippen LogP contribution in [0.4, 0.5) is 0 Å². The molecule has 1 aliphatic rings. The number of nitrogens with two attached hydrogens (primary N) is 1. The van der Waals surface area contributed by atoms with Gasteiger partial charge < -0.3 is 5.73 Å². The zero-order chi connectivity index (χ0) is 13.8. The molecule has 19 heavy (non-hydrogen) atoms. The maximum absolute atomic E-state index is 6.40. The van der Waals surface area contributed by atoms with Gasteiger partial charge in [0.15, 0.2) is 0 Å². The summed E-state index contributed by atoms with van der Waals surface area (Å²) in [5, 5.41) is 0. The molecule has 2 rings (SSSR count). The van der Waals surface area contributed by atoms with Crippen LogP contribution in [0.5, 0.6) is 0 Å². The topological polar surface area (TPSA) is 29.3 Å². The van der Waals surface area contributed by atoms with Crippen LogP contribution in [-0.4, -0.2) is 24.5 Å². The Morgan fingerprint density at radius 1 is 1.37 bits per heavy atom. The summed E-state index contributed by atoms with van der Waals surface area (Å²) in [4.78, 5) is 5.33. The second-order valence-electron chi connectivity index (χ2n) is 6.06. The molecule has 2 nitrogen and oxygen atoms in total. The van der Waals surface area contributed by atoms with Gasteiger partial charge in [-0.3, -0.25) is 4.90 Å². The van der Waals surface area contributed by atoms with Gasteiger partial charge >= 0.3 is 0 Å². The first kappa shape index (κ1) is 15.0. The van der Waals surface area contributed by atoms with Crippen LogP contribution in [0, 0.1) is 12.8 Å². The van der Waals surface area contributed by atoms with Crippen LogP contribution < -0.4 is 5.73 Å². The van der Waals surface area contributed by atoms with Crippen LogP contribution >= 0.6 is 11.3 Å². The van der Waals surface area contributed by atoms with Gasteiger partial charge in [-0.2, -0.15) is 0 Å². The molecule has 3 heteroatoms. The van der Waals surface area contributed by atoms with Crippen molar-refractivity contribution in [3.63, 3.8) is 0 Å². The third kappa shape index (κ3) is 3.80. The van der Waals surface area contributed by atoms with Crippen molar-refractivity contribution in [3.05, 3.63) is 21.9 Å². The van der Waals surface area contributed by atoms with E-state index in [-0.39, 0.29) is 6.04 Å². The molecule has 0 aliphatic heterocycles. The van der Waals surface area contributed by atoms with Gasteiger partial charge in [0, 0.05) is 22.3 Å². The van der Waals surface area contributed by atoms with E-state index in [0.717, 1.165) is 12.3 Å². The summed E-state index contributed by atoms with van der Waals surface area (Å²) >= 11 is 1.90. The Morgan fingerprint density at radius 3 is 2.58 bits per heavy atom. The van der Waals surface area contributed by atoms with Gasteiger partial charge in [-0.1, -0.05) is 19.8 Å². The Labute approximate surface area is 122 Å². The van der Waals surface area contributed by atoms with Crippen LogP contribution in [0.1, 0.15) is 54.8 Å². The van der Waals surface area contributed by atoms with E-state index in [1.807, 2.05) is 11.3 Å². The summed E-state index contributed by atoms with van der Waals surface area (Å²) in [5.74, 6) is 0.887. The third-order valence-corrected chi connectivity index (χ3v) is 5.50. The van der Waals surface area contributed by atoms with Crippen molar-refractivity contribution in [2.45, 2.75) is 58.0 Å². The first-order chi connectivity index (χ1) is 9.11. The van der Waals surface area contributed by atoms with Crippen molar-refractivity contribution in [3.8, 4) is 0 Å². The van der Waals surface area contributed by atoms with Gasteiger partial charge in [-0.05, 0) is 51.3 Å². The number of aryl methyl sites for hydroxylation is 1. The van der Waals surface area contributed by atoms with Crippen molar-refractivity contribution >= 4 is 11.3 Å². The van der Waals surface area contributed by atoms with E-state index in [2.05, 4.69) is 37.9 Å². The minimum atomic E-state index is 0.240. The summed E-state index contributed by atoms with van der Waals surface area (Å²) < 4.78 is 0. The lowest BCUT2D eigenvalue weighted by atomic mass is 10.0.